The summed E-state index contributed by atoms with van der Waals surface area (Å²) in [6.07, 6.45) is 3.60. The Labute approximate surface area is 98.6 Å². The minimum absolute atomic E-state index is 0.623. The molecule has 0 bridgehead atoms. The highest BCUT2D eigenvalue weighted by molar-refractivity contribution is 5.28. The van der Waals surface area contributed by atoms with E-state index in [-0.39, 0.29) is 0 Å². The van der Waals surface area contributed by atoms with Gasteiger partial charge in [0.05, 0.1) is 0 Å². The molecule has 0 amide bonds. The molecule has 0 saturated heterocycles. The van der Waals surface area contributed by atoms with E-state index in [0.29, 0.717) is 11.8 Å². The molecule has 2 atom stereocenters. The van der Waals surface area contributed by atoms with Gasteiger partial charge in [0, 0.05) is 11.4 Å². The van der Waals surface area contributed by atoms with Crippen LogP contribution in [0.25, 0.3) is 0 Å². The number of rotatable bonds is 1. The molecule has 16 heavy (non-hydrogen) atoms. The standard InChI is InChI=1S/C15H21N/c1-10(2)13-7-5-11(3)14-8-6-12(4)16-15(14)9-13/h6,8,11,13H,1,5,7,9H2,2-4H3/t11-,13-/m1/s1. The predicted octanol–water partition coefficient (Wildman–Crippen LogP) is 4.02. The average molecular weight is 215 g/mol. The van der Waals surface area contributed by atoms with Gasteiger partial charge in [-0.3, -0.25) is 4.98 Å². The van der Waals surface area contributed by atoms with Crippen molar-refractivity contribution in [3.8, 4) is 0 Å². The number of aryl methyl sites for hydroxylation is 1. The van der Waals surface area contributed by atoms with Crippen LogP contribution in [-0.4, -0.2) is 4.98 Å². The molecule has 1 nitrogen and oxygen atoms in total. The van der Waals surface area contributed by atoms with Gasteiger partial charge in [-0.25, -0.2) is 0 Å². The van der Waals surface area contributed by atoms with Crippen LogP contribution in [-0.2, 0) is 6.42 Å². The molecule has 86 valence electrons. The quantitative estimate of drug-likeness (QED) is 0.509. The maximum Gasteiger partial charge on any atom is 0.0447 e. The van der Waals surface area contributed by atoms with Crippen molar-refractivity contribution in [2.24, 2.45) is 5.92 Å². The van der Waals surface area contributed by atoms with Gasteiger partial charge in [-0.15, -0.1) is 0 Å². The van der Waals surface area contributed by atoms with Gasteiger partial charge in [0.2, 0.25) is 0 Å². The monoisotopic (exact) mass is 215 g/mol. The van der Waals surface area contributed by atoms with Gasteiger partial charge in [0.1, 0.15) is 0 Å². The van der Waals surface area contributed by atoms with Gasteiger partial charge in [-0.2, -0.15) is 0 Å². The van der Waals surface area contributed by atoms with Crippen molar-refractivity contribution in [1.29, 1.82) is 0 Å². The van der Waals surface area contributed by atoms with E-state index in [0.717, 1.165) is 12.1 Å². The fourth-order valence-electron chi connectivity index (χ4n) is 2.60. The Morgan fingerprint density at radius 1 is 1.38 bits per heavy atom. The molecule has 0 N–H and O–H groups in total. The Bertz CT molecular complexity index is 406. The Morgan fingerprint density at radius 2 is 2.12 bits per heavy atom. The zero-order valence-electron chi connectivity index (χ0n) is 10.6. The molecule has 0 spiro atoms. The van der Waals surface area contributed by atoms with Crippen LogP contribution in [0, 0.1) is 12.8 Å². The van der Waals surface area contributed by atoms with E-state index in [1.165, 1.54) is 29.7 Å². The van der Waals surface area contributed by atoms with Crippen molar-refractivity contribution >= 4 is 0 Å². The van der Waals surface area contributed by atoms with Crippen LogP contribution in [0.4, 0.5) is 0 Å². The minimum Gasteiger partial charge on any atom is -0.258 e. The summed E-state index contributed by atoms with van der Waals surface area (Å²) >= 11 is 0. The molecule has 2 rings (SSSR count). The smallest absolute Gasteiger partial charge is 0.0447 e. The Balaban J connectivity index is 2.38. The van der Waals surface area contributed by atoms with Crippen LogP contribution in [0.3, 0.4) is 0 Å². The molecule has 0 fully saturated rings. The second kappa shape index (κ2) is 4.40. The highest BCUT2D eigenvalue weighted by Crippen LogP contribution is 2.34. The average Bonchev–Trinajstić information content (AvgIpc) is 2.38. The van der Waals surface area contributed by atoms with Gasteiger partial charge in [-0.1, -0.05) is 25.1 Å². The first-order valence-corrected chi connectivity index (χ1v) is 6.19. The lowest BCUT2D eigenvalue weighted by Gasteiger charge is -2.13. The number of pyridine rings is 1. The molecule has 1 aliphatic rings. The summed E-state index contributed by atoms with van der Waals surface area (Å²) in [6.45, 7) is 10.7. The largest absolute Gasteiger partial charge is 0.258 e. The second-order valence-electron chi connectivity index (χ2n) is 5.21. The van der Waals surface area contributed by atoms with Crippen LogP contribution in [0.2, 0.25) is 0 Å². The Kier molecular flexibility index (Phi) is 3.13. The molecule has 1 heteroatoms. The zero-order chi connectivity index (χ0) is 11.7. The Hall–Kier alpha value is -1.11. The first-order chi connectivity index (χ1) is 7.58. The van der Waals surface area contributed by atoms with Crippen molar-refractivity contribution in [3.05, 3.63) is 41.2 Å². The lowest BCUT2D eigenvalue weighted by atomic mass is 9.93. The van der Waals surface area contributed by atoms with Crippen LogP contribution in [0.1, 0.15) is 49.6 Å². The lowest BCUT2D eigenvalue weighted by Crippen LogP contribution is -2.06. The highest BCUT2D eigenvalue weighted by atomic mass is 14.7. The van der Waals surface area contributed by atoms with E-state index in [1.54, 1.807) is 0 Å². The fourth-order valence-corrected chi connectivity index (χ4v) is 2.60. The first kappa shape index (κ1) is 11.4. The molecule has 0 unspecified atom stereocenters. The third-order valence-electron chi connectivity index (χ3n) is 3.76. The van der Waals surface area contributed by atoms with Crippen LogP contribution < -0.4 is 0 Å². The van der Waals surface area contributed by atoms with Crippen LogP contribution >= 0.6 is 0 Å². The second-order valence-corrected chi connectivity index (χ2v) is 5.21. The molecule has 1 aromatic rings. The third kappa shape index (κ3) is 2.18. The molecular formula is C15H21N. The van der Waals surface area contributed by atoms with Gasteiger partial charge < -0.3 is 0 Å². The van der Waals surface area contributed by atoms with E-state index in [9.17, 15) is 0 Å². The molecule has 1 aromatic heterocycles. The molecule has 0 aliphatic heterocycles. The number of fused-ring (bicyclic) bond motifs is 1. The summed E-state index contributed by atoms with van der Waals surface area (Å²) in [6, 6.07) is 4.40. The van der Waals surface area contributed by atoms with Crippen LogP contribution in [0.15, 0.2) is 24.3 Å². The normalized spacial score (nSPS) is 24.7. The number of hydrogen-bond donors (Lipinski definition) is 0. The highest BCUT2D eigenvalue weighted by Gasteiger charge is 2.22. The predicted molar refractivity (Wildman–Crippen MR) is 68.6 cm³/mol. The summed E-state index contributed by atoms with van der Waals surface area (Å²) in [5.74, 6) is 1.27. The summed E-state index contributed by atoms with van der Waals surface area (Å²) in [5.41, 5.74) is 5.20. The van der Waals surface area contributed by atoms with Crippen molar-refractivity contribution in [2.45, 2.75) is 46.0 Å². The first-order valence-electron chi connectivity index (χ1n) is 6.19. The minimum atomic E-state index is 0.623. The van der Waals surface area contributed by atoms with Gasteiger partial charge >= 0.3 is 0 Å². The van der Waals surface area contributed by atoms with Crippen molar-refractivity contribution < 1.29 is 0 Å². The van der Waals surface area contributed by atoms with Gasteiger partial charge in [0.25, 0.3) is 0 Å². The number of allylic oxidation sites excluding steroid dienone is 1. The molecule has 0 aromatic carbocycles. The van der Waals surface area contributed by atoms with Crippen molar-refractivity contribution in [2.75, 3.05) is 0 Å². The number of hydrogen-bond acceptors (Lipinski definition) is 1. The van der Waals surface area contributed by atoms with E-state index in [1.807, 2.05) is 0 Å². The van der Waals surface area contributed by atoms with E-state index in [2.05, 4.69) is 39.5 Å². The maximum atomic E-state index is 4.72. The molecule has 0 saturated carbocycles. The number of aromatic nitrogens is 1. The third-order valence-corrected chi connectivity index (χ3v) is 3.76. The topological polar surface area (TPSA) is 12.9 Å². The van der Waals surface area contributed by atoms with Crippen LogP contribution in [0.5, 0.6) is 0 Å². The summed E-state index contributed by atoms with van der Waals surface area (Å²) < 4.78 is 0. The molecule has 1 aliphatic carbocycles. The molecule has 0 radical (unpaired) electrons. The van der Waals surface area contributed by atoms with Crippen molar-refractivity contribution in [3.63, 3.8) is 0 Å². The lowest BCUT2D eigenvalue weighted by molar-refractivity contribution is 0.525. The number of nitrogens with zero attached hydrogens (tertiary/aromatic N) is 1. The molecule has 1 heterocycles. The van der Waals surface area contributed by atoms with Gasteiger partial charge in [0.15, 0.2) is 0 Å². The summed E-state index contributed by atoms with van der Waals surface area (Å²) in [7, 11) is 0. The van der Waals surface area contributed by atoms with Gasteiger partial charge in [-0.05, 0) is 56.6 Å². The Morgan fingerprint density at radius 3 is 2.81 bits per heavy atom. The SMILES string of the molecule is C=C(C)[C@@H]1CC[C@@H](C)c2ccc(C)nc2C1. The van der Waals surface area contributed by atoms with E-state index in [4.69, 9.17) is 4.98 Å². The van der Waals surface area contributed by atoms with E-state index < -0.39 is 0 Å². The molecular weight excluding hydrogens is 194 g/mol. The summed E-state index contributed by atoms with van der Waals surface area (Å²) in [5, 5.41) is 0. The maximum absolute atomic E-state index is 4.72. The fraction of sp³-hybridized carbons (Fsp3) is 0.533. The van der Waals surface area contributed by atoms with E-state index >= 15 is 0 Å². The van der Waals surface area contributed by atoms with Crippen molar-refractivity contribution in [1.82, 2.24) is 4.98 Å². The zero-order valence-corrected chi connectivity index (χ0v) is 10.6. The summed E-state index contributed by atoms with van der Waals surface area (Å²) in [4.78, 5) is 4.72.